The van der Waals surface area contributed by atoms with Crippen LogP contribution in [0.2, 0.25) is 0 Å². The van der Waals surface area contributed by atoms with Crippen LogP contribution in [0.25, 0.3) is 11.1 Å². The molecule has 3 rings (SSSR count). The highest BCUT2D eigenvalue weighted by atomic mass is 31.0. The zero-order valence-corrected chi connectivity index (χ0v) is 13.8. The molecule has 0 spiro atoms. The van der Waals surface area contributed by atoms with Crippen LogP contribution in [0, 0.1) is 0 Å². The molecule has 1 unspecified atom stereocenters. The minimum absolute atomic E-state index is 0.344. The van der Waals surface area contributed by atoms with Crippen LogP contribution in [0.1, 0.15) is 15.9 Å². The van der Waals surface area contributed by atoms with Gasteiger partial charge in [0.2, 0.25) is 0 Å². The maximum atomic E-state index is 12.2. The molecule has 23 heavy (non-hydrogen) atoms. The average Bonchev–Trinajstić information content (AvgIpc) is 2.63. The molecule has 0 saturated heterocycles. The fourth-order valence-electron chi connectivity index (χ4n) is 2.29. The van der Waals surface area contributed by atoms with Gasteiger partial charge < -0.3 is 4.74 Å². The molecule has 1 atom stereocenters. The molecule has 0 heterocycles. The van der Waals surface area contributed by atoms with Crippen LogP contribution in [0.15, 0.2) is 78.9 Å². The van der Waals surface area contributed by atoms with Crippen molar-refractivity contribution in [3.05, 3.63) is 90.0 Å². The van der Waals surface area contributed by atoms with Gasteiger partial charge in [0.15, 0.2) is 0 Å². The summed E-state index contributed by atoms with van der Waals surface area (Å²) in [6.45, 7) is 0. The van der Waals surface area contributed by atoms with Gasteiger partial charge in [-0.15, -0.1) is 9.24 Å². The number of benzene rings is 3. The normalized spacial score (nSPS) is 10.3. The van der Waals surface area contributed by atoms with E-state index in [0.717, 1.165) is 17.3 Å². The Kier molecular flexibility index (Phi) is 4.85. The molecular weight excluding hydrogens is 303 g/mol. The summed E-state index contributed by atoms with van der Waals surface area (Å²) in [5.74, 6) is 0.215. The molecule has 0 aromatic heterocycles. The first-order valence-corrected chi connectivity index (χ1v) is 8.24. The van der Waals surface area contributed by atoms with E-state index in [9.17, 15) is 4.79 Å². The third-order valence-corrected chi connectivity index (χ3v) is 4.07. The maximum absolute atomic E-state index is 12.2. The zero-order valence-electron chi connectivity index (χ0n) is 12.6. The molecule has 114 valence electrons. The minimum atomic E-state index is -0.344. The van der Waals surface area contributed by atoms with Crippen LogP contribution < -0.4 is 4.74 Å². The minimum Gasteiger partial charge on any atom is -0.423 e. The van der Waals surface area contributed by atoms with Crippen molar-refractivity contribution < 1.29 is 9.53 Å². The van der Waals surface area contributed by atoms with E-state index in [1.165, 1.54) is 5.56 Å². The third kappa shape index (κ3) is 3.85. The van der Waals surface area contributed by atoms with E-state index in [4.69, 9.17) is 4.74 Å². The highest BCUT2D eigenvalue weighted by molar-refractivity contribution is 7.15. The largest absolute Gasteiger partial charge is 0.423 e. The van der Waals surface area contributed by atoms with Crippen molar-refractivity contribution in [3.63, 3.8) is 0 Å². The van der Waals surface area contributed by atoms with Crippen LogP contribution in [0.3, 0.4) is 0 Å². The Bertz CT molecular complexity index is 778. The molecule has 0 N–H and O–H groups in total. The van der Waals surface area contributed by atoms with Gasteiger partial charge in [-0.05, 0) is 47.1 Å². The molecule has 0 aliphatic rings. The van der Waals surface area contributed by atoms with Crippen molar-refractivity contribution in [3.8, 4) is 16.9 Å². The SMILES string of the molecule is O=C(Oc1ccc(CP)cc1)c1ccc(-c2ccccc2)cc1. The molecule has 0 saturated carbocycles. The summed E-state index contributed by atoms with van der Waals surface area (Å²) >= 11 is 0. The van der Waals surface area contributed by atoms with Crippen LogP contribution >= 0.6 is 9.24 Å². The first-order valence-electron chi connectivity index (χ1n) is 7.43. The van der Waals surface area contributed by atoms with Gasteiger partial charge in [0.25, 0.3) is 0 Å². The monoisotopic (exact) mass is 320 g/mol. The molecule has 2 nitrogen and oxygen atoms in total. The van der Waals surface area contributed by atoms with Crippen molar-refractivity contribution in [1.82, 2.24) is 0 Å². The Morgan fingerprint density at radius 3 is 2.00 bits per heavy atom. The number of esters is 1. The van der Waals surface area contributed by atoms with E-state index in [0.29, 0.717) is 11.3 Å². The Balaban J connectivity index is 1.72. The molecule has 0 aliphatic carbocycles. The van der Waals surface area contributed by atoms with Gasteiger partial charge in [0.05, 0.1) is 5.56 Å². The lowest BCUT2D eigenvalue weighted by atomic mass is 10.0. The van der Waals surface area contributed by atoms with Crippen LogP contribution in [0.4, 0.5) is 0 Å². The second-order valence-electron chi connectivity index (χ2n) is 5.18. The average molecular weight is 320 g/mol. The highest BCUT2D eigenvalue weighted by Crippen LogP contribution is 2.20. The molecule has 0 aliphatic heterocycles. The van der Waals surface area contributed by atoms with E-state index in [2.05, 4.69) is 9.24 Å². The van der Waals surface area contributed by atoms with E-state index in [-0.39, 0.29) is 5.97 Å². The fourth-order valence-corrected chi connectivity index (χ4v) is 2.56. The summed E-state index contributed by atoms with van der Waals surface area (Å²) in [5, 5.41) is 0. The number of hydrogen-bond acceptors (Lipinski definition) is 2. The second kappa shape index (κ2) is 7.21. The van der Waals surface area contributed by atoms with Crippen LogP contribution in [-0.4, -0.2) is 5.97 Å². The lowest BCUT2D eigenvalue weighted by molar-refractivity contribution is 0.0735. The van der Waals surface area contributed by atoms with Gasteiger partial charge in [0, 0.05) is 0 Å². The fraction of sp³-hybridized carbons (Fsp3) is 0.0500. The molecule has 3 aromatic rings. The number of carbonyl (C=O) groups is 1. The smallest absolute Gasteiger partial charge is 0.343 e. The van der Waals surface area contributed by atoms with Gasteiger partial charge in [-0.2, -0.15) is 0 Å². The highest BCUT2D eigenvalue weighted by Gasteiger charge is 2.09. The molecular formula is C20H17O2P. The van der Waals surface area contributed by atoms with Crippen molar-refractivity contribution >= 4 is 15.2 Å². The topological polar surface area (TPSA) is 26.3 Å². The summed E-state index contributed by atoms with van der Waals surface area (Å²) < 4.78 is 5.40. The number of rotatable bonds is 4. The Labute approximate surface area is 138 Å². The Hall–Kier alpha value is -2.44. The summed E-state index contributed by atoms with van der Waals surface area (Å²) in [6, 6.07) is 25.1. The molecule has 3 aromatic carbocycles. The molecule has 0 bridgehead atoms. The first kappa shape index (κ1) is 15.5. The summed E-state index contributed by atoms with van der Waals surface area (Å²) in [7, 11) is 2.67. The second-order valence-corrected chi connectivity index (χ2v) is 5.59. The van der Waals surface area contributed by atoms with Crippen LogP contribution in [0.5, 0.6) is 5.75 Å². The van der Waals surface area contributed by atoms with E-state index in [1.807, 2.05) is 66.7 Å². The predicted octanol–water partition coefficient (Wildman–Crippen LogP) is 4.95. The van der Waals surface area contributed by atoms with Gasteiger partial charge in [-0.1, -0.05) is 54.6 Å². The molecule has 0 radical (unpaired) electrons. The van der Waals surface area contributed by atoms with Crippen molar-refractivity contribution in [2.75, 3.05) is 0 Å². The zero-order chi connectivity index (χ0) is 16.1. The summed E-state index contributed by atoms with van der Waals surface area (Å²) in [6.07, 6.45) is 0.884. The van der Waals surface area contributed by atoms with E-state index in [1.54, 1.807) is 12.1 Å². The van der Waals surface area contributed by atoms with Crippen molar-refractivity contribution in [2.24, 2.45) is 0 Å². The third-order valence-electron chi connectivity index (χ3n) is 3.60. The Morgan fingerprint density at radius 1 is 0.783 bits per heavy atom. The molecule has 0 fully saturated rings. The van der Waals surface area contributed by atoms with Crippen molar-refractivity contribution in [1.29, 1.82) is 0 Å². The predicted molar refractivity (Wildman–Crippen MR) is 96.7 cm³/mol. The number of ether oxygens (including phenoxy) is 1. The Morgan fingerprint density at radius 2 is 1.39 bits per heavy atom. The standard InChI is InChI=1S/C20H17O2P/c21-20(22-19-12-6-15(14-23)7-13-19)18-10-8-17(9-11-18)16-4-2-1-3-5-16/h1-13H,14,23H2. The summed E-state index contributed by atoms with van der Waals surface area (Å²) in [4.78, 5) is 12.2. The van der Waals surface area contributed by atoms with Gasteiger partial charge in [-0.25, -0.2) is 4.79 Å². The van der Waals surface area contributed by atoms with Gasteiger partial charge in [0.1, 0.15) is 5.75 Å². The quantitative estimate of drug-likeness (QED) is 0.386. The van der Waals surface area contributed by atoms with E-state index < -0.39 is 0 Å². The van der Waals surface area contributed by atoms with E-state index >= 15 is 0 Å². The summed E-state index contributed by atoms with van der Waals surface area (Å²) in [5.41, 5.74) is 3.93. The number of carbonyl (C=O) groups excluding carboxylic acids is 1. The maximum Gasteiger partial charge on any atom is 0.343 e. The van der Waals surface area contributed by atoms with Gasteiger partial charge >= 0.3 is 5.97 Å². The molecule has 3 heteroatoms. The van der Waals surface area contributed by atoms with Crippen molar-refractivity contribution in [2.45, 2.75) is 6.16 Å². The van der Waals surface area contributed by atoms with Crippen LogP contribution in [-0.2, 0) is 6.16 Å². The lowest BCUT2D eigenvalue weighted by Crippen LogP contribution is -2.08. The number of hydrogen-bond donors (Lipinski definition) is 0. The lowest BCUT2D eigenvalue weighted by Gasteiger charge is -2.06. The first-order chi connectivity index (χ1) is 11.3. The van der Waals surface area contributed by atoms with Gasteiger partial charge in [-0.3, -0.25) is 0 Å². The molecule has 0 amide bonds.